The van der Waals surface area contributed by atoms with Gasteiger partial charge in [0.05, 0.1) is 9.79 Å². The summed E-state index contributed by atoms with van der Waals surface area (Å²) in [5.74, 6) is 0. The SMILES string of the molecule is CCCN(CC)S(=O)(=O)c1cccc(S(N)(=O)=O)c1. The number of hydrogen-bond acceptors (Lipinski definition) is 4. The predicted octanol–water partition coefficient (Wildman–Crippen LogP) is 0.755. The fourth-order valence-electron chi connectivity index (χ4n) is 1.66. The molecule has 0 fully saturated rings. The second kappa shape index (κ2) is 6.00. The van der Waals surface area contributed by atoms with Crippen LogP contribution in [0.5, 0.6) is 0 Å². The molecule has 0 radical (unpaired) electrons. The lowest BCUT2D eigenvalue weighted by Gasteiger charge is -2.19. The lowest BCUT2D eigenvalue weighted by molar-refractivity contribution is 0.427. The Morgan fingerprint density at radius 2 is 1.68 bits per heavy atom. The van der Waals surface area contributed by atoms with Crippen molar-refractivity contribution in [2.45, 2.75) is 30.1 Å². The molecule has 1 aromatic carbocycles. The van der Waals surface area contributed by atoms with Crippen molar-refractivity contribution in [1.82, 2.24) is 4.31 Å². The highest BCUT2D eigenvalue weighted by atomic mass is 32.2. The van der Waals surface area contributed by atoms with E-state index in [1.165, 1.54) is 22.5 Å². The summed E-state index contributed by atoms with van der Waals surface area (Å²) in [5.41, 5.74) is 0. The summed E-state index contributed by atoms with van der Waals surface area (Å²) in [7, 11) is -7.60. The zero-order valence-corrected chi connectivity index (χ0v) is 12.5. The molecule has 0 aliphatic heterocycles. The van der Waals surface area contributed by atoms with Crippen molar-refractivity contribution in [3.05, 3.63) is 24.3 Å². The van der Waals surface area contributed by atoms with Gasteiger partial charge in [0.1, 0.15) is 0 Å². The fourth-order valence-corrected chi connectivity index (χ4v) is 3.88. The monoisotopic (exact) mass is 306 g/mol. The largest absolute Gasteiger partial charge is 0.243 e. The normalized spacial score (nSPS) is 12.8. The van der Waals surface area contributed by atoms with Gasteiger partial charge in [0.2, 0.25) is 20.0 Å². The Kier molecular flexibility index (Phi) is 5.08. The fraction of sp³-hybridized carbons (Fsp3) is 0.455. The first-order valence-electron chi connectivity index (χ1n) is 5.86. The highest BCUT2D eigenvalue weighted by Crippen LogP contribution is 2.19. The summed E-state index contributed by atoms with van der Waals surface area (Å²) in [6, 6.07) is 5.09. The molecule has 19 heavy (non-hydrogen) atoms. The predicted molar refractivity (Wildman–Crippen MR) is 72.5 cm³/mol. The first kappa shape index (κ1) is 16.1. The number of primary sulfonamides is 1. The topological polar surface area (TPSA) is 97.5 Å². The maximum absolute atomic E-state index is 12.3. The van der Waals surface area contributed by atoms with Gasteiger partial charge in [-0.2, -0.15) is 4.31 Å². The molecular weight excluding hydrogens is 288 g/mol. The molecule has 0 aliphatic rings. The molecule has 0 bridgehead atoms. The van der Waals surface area contributed by atoms with Gasteiger partial charge in [0.25, 0.3) is 0 Å². The Morgan fingerprint density at radius 3 is 2.16 bits per heavy atom. The molecule has 0 saturated carbocycles. The molecule has 0 heterocycles. The zero-order chi connectivity index (χ0) is 14.7. The van der Waals surface area contributed by atoms with Crippen LogP contribution < -0.4 is 5.14 Å². The van der Waals surface area contributed by atoms with Crippen LogP contribution in [0.4, 0.5) is 0 Å². The number of sulfonamides is 2. The molecule has 0 aromatic heterocycles. The third kappa shape index (κ3) is 3.75. The molecule has 8 heteroatoms. The molecule has 0 unspecified atom stereocenters. The number of benzene rings is 1. The van der Waals surface area contributed by atoms with Gasteiger partial charge in [-0.1, -0.05) is 19.9 Å². The van der Waals surface area contributed by atoms with Crippen LogP contribution in [0.3, 0.4) is 0 Å². The van der Waals surface area contributed by atoms with E-state index in [0.29, 0.717) is 19.5 Å². The Labute approximate surface area is 114 Å². The lowest BCUT2D eigenvalue weighted by atomic mass is 10.4. The molecule has 0 amide bonds. The van der Waals surface area contributed by atoms with Gasteiger partial charge in [-0.25, -0.2) is 22.0 Å². The second-order valence-electron chi connectivity index (χ2n) is 4.02. The first-order chi connectivity index (χ1) is 8.73. The van der Waals surface area contributed by atoms with Crippen molar-refractivity contribution in [3.8, 4) is 0 Å². The summed E-state index contributed by atoms with van der Waals surface area (Å²) in [6.07, 6.45) is 0.682. The van der Waals surface area contributed by atoms with Gasteiger partial charge in [0.15, 0.2) is 0 Å². The van der Waals surface area contributed by atoms with Gasteiger partial charge in [-0.3, -0.25) is 0 Å². The van der Waals surface area contributed by atoms with E-state index >= 15 is 0 Å². The highest BCUT2D eigenvalue weighted by Gasteiger charge is 2.23. The third-order valence-electron chi connectivity index (χ3n) is 2.60. The van der Waals surface area contributed by atoms with Crippen LogP contribution in [0.15, 0.2) is 34.1 Å². The van der Waals surface area contributed by atoms with Crippen LogP contribution in [0.1, 0.15) is 20.3 Å². The van der Waals surface area contributed by atoms with Gasteiger partial charge in [-0.05, 0) is 24.6 Å². The molecule has 1 rings (SSSR count). The number of nitrogens with two attached hydrogens (primary N) is 1. The van der Waals surface area contributed by atoms with Crippen LogP contribution in [0, 0.1) is 0 Å². The van der Waals surface area contributed by atoms with Crippen molar-refractivity contribution < 1.29 is 16.8 Å². The van der Waals surface area contributed by atoms with Gasteiger partial charge < -0.3 is 0 Å². The maximum Gasteiger partial charge on any atom is 0.243 e. The summed E-state index contributed by atoms with van der Waals surface area (Å²) >= 11 is 0. The minimum absolute atomic E-state index is 0.0608. The van der Waals surface area contributed by atoms with Crippen molar-refractivity contribution in [3.63, 3.8) is 0 Å². The Morgan fingerprint density at radius 1 is 1.11 bits per heavy atom. The van der Waals surface area contributed by atoms with Gasteiger partial charge >= 0.3 is 0 Å². The lowest BCUT2D eigenvalue weighted by Crippen LogP contribution is -2.31. The smallest absolute Gasteiger partial charge is 0.225 e. The Balaban J connectivity index is 3.30. The minimum Gasteiger partial charge on any atom is -0.225 e. The van der Waals surface area contributed by atoms with Crippen molar-refractivity contribution in [2.75, 3.05) is 13.1 Å². The van der Waals surface area contributed by atoms with Crippen LogP contribution in [0.2, 0.25) is 0 Å². The zero-order valence-electron chi connectivity index (χ0n) is 10.9. The molecule has 2 N–H and O–H groups in total. The third-order valence-corrected chi connectivity index (χ3v) is 5.48. The van der Waals surface area contributed by atoms with Gasteiger partial charge in [0, 0.05) is 13.1 Å². The molecule has 0 atom stereocenters. The van der Waals surface area contributed by atoms with Crippen molar-refractivity contribution in [1.29, 1.82) is 0 Å². The maximum atomic E-state index is 12.3. The minimum atomic E-state index is -3.91. The Hall–Kier alpha value is -0.960. The molecule has 0 aliphatic carbocycles. The summed E-state index contributed by atoms with van der Waals surface area (Å²) in [5, 5.41) is 5.00. The molecule has 0 saturated heterocycles. The van der Waals surface area contributed by atoms with E-state index in [0.717, 1.165) is 6.07 Å². The molecular formula is C11H18N2O4S2. The summed E-state index contributed by atoms with van der Waals surface area (Å²) in [6.45, 7) is 4.32. The first-order valence-corrected chi connectivity index (χ1v) is 8.85. The molecule has 1 aromatic rings. The Bertz CT molecular complexity index is 638. The van der Waals surface area contributed by atoms with Crippen molar-refractivity contribution >= 4 is 20.0 Å². The van der Waals surface area contributed by atoms with Crippen LogP contribution >= 0.6 is 0 Å². The quantitative estimate of drug-likeness (QED) is 0.838. The molecule has 108 valence electrons. The highest BCUT2D eigenvalue weighted by molar-refractivity contribution is 7.90. The van der Waals surface area contributed by atoms with E-state index in [4.69, 9.17) is 5.14 Å². The van der Waals surface area contributed by atoms with Gasteiger partial charge in [-0.15, -0.1) is 0 Å². The summed E-state index contributed by atoms with van der Waals surface area (Å²) in [4.78, 5) is -0.268. The number of rotatable bonds is 6. The van der Waals surface area contributed by atoms with E-state index in [-0.39, 0.29) is 9.79 Å². The standard InChI is InChI=1S/C11H18N2O4S2/c1-3-8-13(4-2)19(16,17)11-7-5-6-10(9-11)18(12,14)15/h5-7,9H,3-4,8H2,1-2H3,(H2,12,14,15). The van der Waals surface area contributed by atoms with Crippen LogP contribution in [-0.2, 0) is 20.0 Å². The van der Waals surface area contributed by atoms with Crippen LogP contribution in [-0.4, -0.2) is 34.2 Å². The second-order valence-corrected chi connectivity index (χ2v) is 7.52. The number of nitrogens with zero attached hydrogens (tertiary/aromatic N) is 1. The average molecular weight is 306 g/mol. The van der Waals surface area contributed by atoms with E-state index in [2.05, 4.69) is 0 Å². The van der Waals surface area contributed by atoms with E-state index in [1.807, 2.05) is 6.92 Å². The van der Waals surface area contributed by atoms with E-state index < -0.39 is 20.0 Å². The van der Waals surface area contributed by atoms with E-state index in [9.17, 15) is 16.8 Å². The number of hydrogen-bond donors (Lipinski definition) is 1. The van der Waals surface area contributed by atoms with E-state index in [1.54, 1.807) is 6.92 Å². The summed E-state index contributed by atoms with van der Waals surface area (Å²) < 4.78 is 48.4. The molecule has 0 spiro atoms. The average Bonchev–Trinajstić information content (AvgIpc) is 2.34. The van der Waals surface area contributed by atoms with Crippen LogP contribution in [0.25, 0.3) is 0 Å². The van der Waals surface area contributed by atoms with Crippen molar-refractivity contribution in [2.24, 2.45) is 5.14 Å². The molecule has 6 nitrogen and oxygen atoms in total.